The van der Waals surface area contributed by atoms with E-state index < -0.39 is 12.1 Å². The van der Waals surface area contributed by atoms with E-state index in [9.17, 15) is 9.59 Å². The second kappa shape index (κ2) is 8.94. The fraction of sp³-hybridized carbons (Fsp3) is 0.222. The maximum Gasteiger partial charge on any atom is 0.407 e. The molecule has 0 aliphatic carbocycles. The summed E-state index contributed by atoms with van der Waals surface area (Å²) in [7, 11) is 0. The van der Waals surface area contributed by atoms with Gasteiger partial charge in [-0.3, -0.25) is 0 Å². The normalized spacial score (nSPS) is 11.4. The van der Waals surface area contributed by atoms with E-state index in [4.69, 9.17) is 26.2 Å². The van der Waals surface area contributed by atoms with E-state index >= 15 is 0 Å². The van der Waals surface area contributed by atoms with Crippen LogP contribution >= 0.6 is 11.6 Å². The number of aromatic carboxylic acids is 1. The van der Waals surface area contributed by atoms with Crippen molar-refractivity contribution in [3.8, 4) is 5.75 Å². The van der Waals surface area contributed by atoms with Crippen molar-refractivity contribution in [2.75, 3.05) is 6.61 Å². The number of hydrogen-bond acceptors (Lipinski definition) is 4. The van der Waals surface area contributed by atoms with Gasteiger partial charge in [-0.15, -0.1) is 0 Å². The van der Waals surface area contributed by atoms with Gasteiger partial charge in [-0.1, -0.05) is 41.9 Å². The second-order valence-electron chi connectivity index (χ2n) is 5.40. The van der Waals surface area contributed by atoms with Gasteiger partial charge in [0.2, 0.25) is 0 Å². The average molecular weight is 364 g/mol. The molecule has 7 heteroatoms. The van der Waals surface area contributed by atoms with Gasteiger partial charge in [0.15, 0.2) is 0 Å². The van der Waals surface area contributed by atoms with Crippen molar-refractivity contribution in [3.05, 3.63) is 64.7 Å². The molecule has 1 unspecified atom stereocenters. The Balaban J connectivity index is 1.79. The van der Waals surface area contributed by atoms with Crippen LogP contribution in [-0.4, -0.2) is 29.8 Å². The first-order chi connectivity index (χ1) is 11.9. The summed E-state index contributed by atoms with van der Waals surface area (Å²) in [6.45, 7) is 2.06. The van der Waals surface area contributed by atoms with Crippen molar-refractivity contribution in [3.63, 3.8) is 0 Å². The van der Waals surface area contributed by atoms with Gasteiger partial charge >= 0.3 is 12.1 Å². The molecule has 0 aliphatic rings. The summed E-state index contributed by atoms with van der Waals surface area (Å²) in [6, 6.07) is 13.2. The Morgan fingerprint density at radius 3 is 2.60 bits per heavy atom. The van der Waals surface area contributed by atoms with Crippen LogP contribution in [0.4, 0.5) is 4.79 Å². The number of hydrogen-bond donors (Lipinski definition) is 2. The van der Waals surface area contributed by atoms with Gasteiger partial charge in [0, 0.05) is 5.02 Å². The fourth-order valence-corrected chi connectivity index (χ4v) is 2.22. The maximum atomic E-state index is 11.7. The number of carboxylic acids is 1. The van der Waals surface area contributed by atoms with Crippen LogP contribution in [0.15, 0.2) is 48.5 Å². The third-order valence-electron chi connectivity index (χ3n) is 3.20. The second-order valence-corrected chi connectivity index (χ2v) is 5.84. The molecule has 0 radical (unpaired) electrons. The number of benzene rings is 2. The summed E-state index contributed by atoms with van der Waals surface area (Å²) in [5.74, 6) is -0.779. The average Bonchev–Trinajstić information content (AvgIpc) is 2.58. The summed E-state index contributed by atoms with van der Waals surface area (Å²) >= 11 is 5.86. The molecule has 0 aromatic heterocycles. The lowest BCUT2D eigenvalue weighted by Crippen LogP contribution is -2.37. The van der Waals surface area contributed by atoms with Crippen LogP contribution in [0.5, 0.6) is 5.75 Å². The Kier molecular flexibility index (Phi) is 6.65. The number of carbonyl (C=O) groups is 2. The summed E-state index contributed by atoms with van der Waals surface area (Å²) in [5, 5.41) is 11.9. The van der Waals surface area contributed by atoms with Crippen LogP contribution in [0.2, 0.25) is 5.02 Å². The summed E-state index contributed by atoms with van der Waals surface area (Å²) in [5.41, 5.74) is 0.923. The molecule has 132 valence electrons. The molecule has 0 bridgehead atoms. The van der Waals surface area contributed by atoms with Crippen molar-refractivity contribution >= 4 is 23.7 Å². The molecule has 25 heavy (non-hydrogen) atoms. The molecule has 2 aromatic rings. The van der Waals surface area contributed by atoms with E-state index in [0.717, 1.165) is 5.56 Å². The number of halogens is 1. The van der Waals surface area contributed by atoms with Gasteiger partial charge in [-0.25, -0.2) is 9.59 Å². The minimum absolute atomic E-state index is 0.0328. The van der Waals surface area contributed by atoms with Gasteiger partial charge in [-0.05, 0) is 30.7 Å². The number of rotatable bonds is 7. The summed E-state index contributed by atoms with van der Waals surface area (Å²) < 4.78 is 10.6. The van der Waals surface area contributed by atoms with Crippen LogP contribution in [0.3, 0.4) is 0 Å². The van der Waals surface area contributed by atoms with E-state index in [1.807, 2.05) is 30.3 Å². The molecule has 2 N–H and O–H groups in total. The maximum absolute atomic E-state index is 11.7. The van der Waals surface area contributed by atoms with Crippen molar-refractivity contribution in [1.82, 2.24) is 5.32 Å². The zero-order valence-corrected chi connectivity index (χ0v) is 14.3. The third kappa shape index (κ3) is 6.35. The number of ether oxygens (including phenoxy) is 2. The highest BCUT2D eigenvalue weighted by molar-refractivity contribution is 6.31. The smallest absolute Gasteiger partial charge is 0.407 e. The highest BCUT2D eigenvalue weighted by atomic mass is 35.5. The Labute approximate surface area is 150 Å². The van der Waals surface area contributed by atoms with Gasteiger partial charge < -0.3 is 19.9 Å². The molecule has 2 aromatic carbocycles. The number of carboxylic acid groups (broad SMARTS) is 1. The minimum atomic E-state index is -1.09. The summed E-state index contributed by atoms with van der Waals surface area (Å²) in [6.07, 6.45) is -0.558. The molecule has 2 rings (SSSR count). The van der Waals surface area contributed by atoms with Crippen molar-refractivity contribution in [2.24, 2.45) is 0 Å². The van der Waals surface area contributed by atoms with E-state index in [-0.39, 0.29) is 29.8 Å². The Morgan fingerprint density at radius 2 is 1.92 bits per heavy atom. The summed E-state index contributed by atoms with van der Waals surface area (Å²) in [4.78, 5) is 22.7. The van der Waals surface area contributed by atoms with Gasteiger partial charge in [0.05, 0.1) is 11.6 Å². The quantitative estimate of drug-likeness (QED) is 0.782. The van der Waals surface area contributed by atoms with E-state index in [1.54, 1.807) is 6.92 Å². The lowest BCUT2D eigenvalue weighted by molar-refractivity contribution is 0.0696. The van der Waals surface area contributed by atoms with Crippen LogP contribution in [0.1, 0.15) is 22.8 Å². The van der Waals surface area contributed by atoms with E-state index in [2.05, 4.69) is 5.32 Å². The number of alkyl carbamates (subject to hydrolysis) is 1. The SMILES string of the molecule is CC(COc1cc(Cl)cc(C(=O)O)c1)NC(=O)OCc1ccccc1. The van der Waals surface area contributed by atoms with Gasteiger partial charge in [-0.2, -0.15) is 0 Å². The Hall–Kier alpha value is -2.73. The zero-order chi connectivity index (χ0) is 18.2. The predicted molar refractivity (Wildman–Crippen MR) is 93.1 cm³/mol. The largest absolute Gasteiger partial charge is 0.491 e. The lowest BCUT2D eigenvalue weighted by atomic mass is 10.2. The molecule has 0 heterocycles. The molecule has 0 spiro atoms. The highest BCUT2D eigenvalue weighted by Crippen LogP contribution is 2.21. The monoisotopic (exact) mass is 363 g/mol. The highest BCUT2D eigenvalue weighted by Gasteiger charge is 2.11. The molecular formula is C18H18ClNO5. The standard InChI is InChI=1S/C18H18ClNO5/c1-12(20-18(23)25-11-13-5-3-2-4-6-13)10-24-16-8-14(17(21)22)7-15(19)9-16/h2-9,12H,10-11H2,1H3,(H,20,23)(H,21,22). The molecule has 0 fully saturated rings. The van der Waals surface area contributed by atoms with Crippen LogP contribution < -0.4 is 10.1 Å². The predicted octanol–water partition coefficient (Wildman–Crippen LogP) is 3.73. The molecule has 1 amide bonds. The van der Waals surface area contributed by atoms with Crippen LogP contribution in [0, 0.1) is 0 Å². The molecule has 0 saturated carbocycles. The van der Waals surface area contributed by atoms with Crippen LogP contribution in [0.25, 0.3) is 0 Å². The fourth-order valence-electron chi connectivity index (χ4n) is 2.00. The molecule has 6 nitrogen and oxygen atoms in total. The topological polar surface area (TPSA) is 84.9 Å². The molecule has 0 saturated heterocycles. The number of amides is 1. The lowest BCUT2D eigenvalue weighted by Gasteiger charge is -2.15. The van der Waals surface area contributed by atoms with E-state index in [0.29, 0.717) is 5.75 Å². The molecular weight excluding hydrogens is 346 g/mol. The Morgan fingerprint density at radius 1 is 1.20 bits per heavy atom. The van der Waals surface area contributed by atoms with Gasteiger partial charge in [0.25, 0.3) is 0 Å². The minimum Gasteiger partial charge on any atom is -0.491 e. The van der Waals surface area contributed by atoms with Crippen molar-refractivity contribution in [2.45, 2.75) is 19.6 Å². The first kappa shape index (κ1) is 18.6. The first-order valence-electron chi connectivity index (χ1n) is 7.58. The van der Waals surface area contributed by atoms with Gasteiger partial charge in [0.1, 0.15) is 19.0 Å². The van der Waals surface area contributed by atoms with E-state index in [1.165, 1.54) is 18.2 Å². The number of nitrogens with one attached hydrogen (secondary N) is 1. The Bertz CT molecular complexity index is 736. The molecule has 0 aliphatic heterocycles. The zero-order valence-electron chi connectivity index (χ0n) is 13.6. The third-order valence-corrected chi connectivity index (χ3v) is 3.41. The molecule has 1 atom stereocenters. The number of carbonyl (C=O) groups excluding carboxylic acids is 1. The van der Waals surface area contributed by atoms with Crippen molar-refractivity contribution in [1.29, 1.82) is 0 Å². The first-order valence-corrected chi connectivity index (χ1v) is 7.95. The van der Waals surface area contributed by atoms with Crippen molar-refractivity contribution < 1.29 is 24.2 Å². The van der Waals surface area contributed by atoms with Crippen LogP contribution in [-0.2, 0) is 11.3 Å².